The highest BCUT2D eigenvalue weighted by atomic mass is 16.5. The van der Waals surface area contributed by atoms with Crippen molar-refractivity contribution in [2.45, 2.75) is 47.5 Å². The Morgan fingerprint density at radius 3 is 2.10 bits per heavy atom. The van der Waals surface area contributed by atoms with E-state index in [-0.39, 0.29) is 23.0 Å². The molecule has 0 saturated carbocycles. The summed E-state index contributed by atoms with van der Waals surface area (Å²) in [4.78, 5) is 23.7. The highest BCUT2D eigenvalue weighted by Gasteiger charge is 2.27. The van der Waals surface area contributed by atoms with Gasteiger partial charge in [-0.2, -0.15) is 0 Å². The smallest absolute Gasteiger partial charge is 0.313 e. The highest BCUT2D eigenvalue weighted by molar-refractivity contribution is 6.05. The molecule has 116 valence electrons. The Hall–Kier alpha value is -1.64. The number of ether oxygens (including phenoxy) is 1. The van der Waals surface area contributed by atoms with Gasteiger partial charge in [-0.1, -0.05) is 65.0 Å². The summed E-state index contributed by atoms with van der Waals surface area (Å²) in [6, 6.07) is 8.82. The first-order chi connectivity index (χ1) is 9.59. The number of benzene rings is 1. The van der Waals surface area contributed by atoms with Crippen LogP contribution in [0.4, 0.5) is 0 Å². The molecule has 0 aromatic heterocycles. The summed E-state index contributed by atoms with van der Waals surface area (Å²) >= 11 is 0. The third kappa shape index (κ3) is 7.07. The molecule has 0 amide bonds. The maximum atomic E-state index is 11.9. The monoisotopic (exact) mass is 290 g/mol. The molecule has 0 bridgehead atoms. The van der Waals surface area contributed by atoms with Gasteiger partial charge in [-0.3, -0.25) is 9.59 Å². The van der Waals surface area contributed by atoms with Crippen LogP contribution in [0.5, 0.6) is 0 Å². The quantitative estimate of drug-likeness (QED) is 0.446. The first-order valence-electron chi connectivity index (χ1n) is 7.33. The number of hydrogen-bond donors (Lipinski definition) is 0. The van der Waals surface area contributed by atoms with Gasteiger partial charge in [0.05, 0.1) is 6.61 Å². The van der Waals surface area contributed by atoms with E-state index in [4.69, 9.17) is 4.74 Å². The van der Waals surface area contributed by atoms with E-state index in [1.54, 1.807) is 24.3 Å². The van der Waals surface area contributed by atoms with Crippen LogP contribution in [0.1, 0.15) is 57.8 Å². The lowest BCUT2D eigenvalue weighted by Gasteiger charge is -2.31. The predicted octanol–water partition coefficient (Wildman–Crippen LogP) is 4.27. The number of carbonyl (C=O) groups excluding carboxylic acids is 2. The first kappa shape index (κ1) is 17.4. The number of carbonyl (C=O) groups is 2. The van der Waals surface area contributed by atoms with E-state index in [2.05, 4.69) is 34.6 Å². The summed E-state index contributed by atoms with van der Waals surface area (Å²) in [5, 5.41) is 0. The maximum Gasteiger partial charge on any atom is 0.313 e. The van der Waals surface area contributed by atoms with Crippen LogP contribution in [0.25, 0.3) is 0 Å². The third-order valence-electron chi connectivity index (χ3n) is 3.03. The van der Waals surface area contributed by atoms with E-state index in [1.165, 1.54) is 0 Å². The molecular weight excluding hydrogens is 264 g/mol. The Morgan fingerprint density at radius 1 is 1.00 bits per heavy atom. The van der Waals surface area contributed by atoms with Crippen molar-refractivity contribution >= 4 is 11.8 Å². The predicted molar refractivity (Wildman–Crippen MR) is 84.2 cm³/mol. The molecule has 1 aromatic carbocycles. The number of ketones is 1. The molecule has 0 fully saturated rings. The molecule has 0 aliphatic heterocycles. The normalized spacial score (nSPS) is 12.0. The van der Waals surface area contributed by atoms with Gasteiger partial charge in [0.2, 0.25) is 0 Å². The van der Waals surface area contributed by atoms with E-state index >= 15 is 0 Å². The molecule has 0 unspecified atom stereocenters. The standard InChI is InChI=1S/C18H26O3/c1-17(2,3)12-18(4,5)13-21-16(20)11-15(19)14-9-7-6-8-10-14/h6-10H,11-13H2,1-5H3. The average molecular weight is 290 g/mol. The van der Waals surface area contributed by atoms with Gasteiger partial charge in [-0.15, -0.1) is 0 Å². The molecule has 0 N–H and O–H groups in total. The van der Waals surface area contributed by atoms with Crippen molar-refractivity contribution in [3.05, 3.63) is 35.9 Å². The van der Waals surface area contributed by atoms with Crippen LogP contribution in [0.2, 0.25) is 0 Å². The second kappa shape index (κ2) is 6.88. The summed E-state index contributed by atoms with van der Waals surface area (Å²) in [6.07, 6.45) is 0.746. The summed E-state index contributed by atoms with van der Waals surface area (Å²) in [6.45, 7) is 11.0. The Morgan fingerprint density at radius 2 is 1.57 bits per heavy atom. The molecule has 0 heterocycles. The minimum Gasteiger partial charge on any atom is -0.465 e. The topological polar surface area (TPSA) is 43.4 Å². The zero-order valence-corrected chi connectivity index (χ0v) is 13.7. The molecule has 3 nitrogen and oxygen atoms in total. The van der Waals surface area contributed by atoms with E-state index in [0.29, 0.717) is 12.2 Å². The number of rotatable bonds is 6. The van der Waals surface area contributed by atoms with Crippen LogP contribution in [-0.2, 0) is 9.53 Å². The molecule has 21 heavy (non-hydrogen) atoms. The zero-order chi connectivity index (χ0) is 16.1. The number of hydrogen-bond acceptors (Lipinski definition) is 3. The van der Waals surface area contributed by atoms with Crippen LogP contribution in [0.3, 0.4) is 0 Å². The van der Waals surface area contributed by atoms with Crippen molar-refractivity contribution in [2.75, 3.05) is 6.61 Å². The molecule has 1 aromatic rings. The van der Waals surface area contributed by atoms with E-state index in [0.717, 1.165) is 6.42 Å². The van der Waals surface area contributed by atoms with Gasteiger partial charge >= 0.3 is 5.97 Å². The van der Waals surface area contributed by atoms with Crippen molar-refractivity contribution in [3.63, 3.8) is 0 Å². The molecular formula is C18H26O3. The molecule has 0 atom stereocenters. The Balaban J connectivity index is 2.46. The Kier molecular flexibility index (Phi) is 5.70. The highest BCUT2D eigenvalue weighted by Crippen LogP contribution is 2.33. The van der Waals surface area contributed by atoms with Gasteiger partial charge < -0.3 is 4.74 Å². The van der Waals surface area contributed by atoms with Crippen molar-refractivity contribution in [1.29, 1.82) is 0 Å². The second-order valence-corrected chi connectivity index (χ2v) is 7.53. The SMILES string of the molecule is CC(C)(C)CC(C)(C)COC(=O)CC(=O)c1ccccc1. The van der Waals surface area contributed by atoms with Crippen LogP contribution in [0, 0.1) is 10.8 Å². The maximum absolute atomic E-state index is 11.9. The number of Topliss-reactive ketones (excluding diaryl/α,β-unsaturated/α-hetero) is 1. The average Bonchev–Trinajstić information content (AvgIpc) is 2.35. The minimum atomic E-state index is -0.453. The van der Waals surface area contributed by atoms with Crippen LogP contribution < -0.4 is 0 Å². The molecule has 0 saturated heterocycles. The van der Waals surface area contributed by atoms with Gasteiger partial charge in [-0.05, 0) is 17.3 Å². The molecule has 1 rings (SSSR count). The third-order valence-corrected chi connectivity index (χ3v) is 3.03. The fourth-order valence-corrected chi connectivity index (χ4v) is 2.67. The van der Waals surface area contributed by atoms with Crippen LogP contribution in [0.15, 0.2) is 30.3 Å². The second-order valence-electron chi connectivity index (χ2n) is 7.53. The minimum absolute atomic E-state index is 0.0935. The summed E-state index contributed by atoms with van der Waals surface area (Å²) in [5.41, 5.74) is 0.628. The van der Waals surface area contributed by atoms with Crippen molar-refractivity contribution in [2.24, 2.45) is 10.8 Å². The Labute approximate surface area is 127 Å². The van der Waals surface area contributed by atoms with E-state index in [1.807, 2.05) is 6.07 Å². The fourth-order valence-electron chi connectivity index (χ4n) is 2.67. The fraction of sp³-hybridized carbons (Fsp3) is 0.556. The Bertz CT molecular complexity index is 481. The zero-order valence-electron chi connectivity index (χ0n) is 13.7. The van der Waals surface area contributed by atoms with Gasteiger partial charge in [0.25, 0.3) is 0 Å². The van der Waals surface area contributed by atoms with Crippen LogP contribution >= 0.6 is 0 Å². The van der Waals surface area contributed by atoms with Crippen molar-refractivity contribution in [3.8, 4) is 0 Å². The summed E-state index contributed by atoms with van der Waals surface area (Å²) in [5.74, 6) is -0.653. The number of esters is 1. The lowest BCUT2D eigenvalue weighted by Crippen LogP contribution is -2.27. The summed E-state index contributed by atoms with van der Waals surface area (Å²) < 4.78 is 5.29. The lowest BCUT2D eigenvalue weighted by molar-refractivity contribution is -0.146. The van der Waals surface area contributed by atoms with Crippen molar-refractivity contribution in [1.82, 2.24) is 0 Å². The largest absolute Gasteiger partial charge is 0.465 e. The van der Waals surface area contributed by atoms with Crippen molar-refractivity contribution < 1.29 is 14.3 Å². The molecule has 0 aliphatic carbocycles. The molecule has 3 heteroatoms. The van der Waals surface area contributed by atoms with Gasteiger partial charge in [-0.25, -0.2) is 0 Å². The molecule has 0 spiro atoms. The first-order valence-corrected chi connectivity index (χ1v) is 7.33. The van der Waals surface area contributed by atoms with Gasteiger partial charge in [0.1, 0.15) is 6.42 Å². The summed E-state index contributed by atoms with van der Waals surface area (Å²) in [7, 11) is 0. The molecule has 0 radical (unpaired) electrons. The van der Waals surface area contributed by atoms with Gasteiger partial charge in [0.15, 0.2) is 5.78 Å². The van der Waals surface area contributed by atoms with E-state index in [9.17, 15) is 9.59 Å². The van der Waals surface area contributed by atoms with Crippen LogP contribution in [-0.4, -0.2) is 18.4 Å². The lowest BCUT2D eigenvalue weighted by atomic mass is 9.77. The van der Waals surface area contributed by atoms with Gasteiger partial charge in [0, 0.05) is 5.56 Å². The van der Waals surface area contributed by atoms with E-state index < -0.39 is 5.97 Å². The molecule has 0 aliphatic rings.